The lowest BCUT2D eigenvalue weighted by atomic mass is 10.00. The summed E-state index contributed by atoms with van der Waals surface area (Å²) in [5, 5.41) is 12.4. The molecule has 2 N–H and O–H groups in total. The number of amides is 1. The Labute approximate surface area is 117 Å². The molecule has 0 aromatic rings. The average Bonchev–Trinajstić information content (AvgIpc) is 2.45. The molecule has 0 aliphatic carbocycles. The molecule has 4 heteroatoms. The minimum absolute atomic E-state index is 0.101. The van der Waals surface area contributed by atoms with Crippen molar-refractivity contribution in [2.75, 3.05) is 26.2 Å². The molecule has 1 aliphatic heterocycles. The Balaban J connectivity index is 2.31. The van der Waals surface area contributed by atoms with Crippen LogP contribution in [0.15, 0.2) is 0 Å². The second kappa shape index (κ2) is 9.32. The zero-order valence-electron chi connectivity index (χ0n) is 12.5. The van der Waals surface area contributed by atoms with Crippen LogP contribution in [0.25, 0.3) is 0 Å². The van der Waals surface area contributed by atoms with E-state index < -0.39 is 0 Å². The number of carbonyl (C=O) groups is 1. The first kappa shape index (κ1) is 16.4. The summed E-state index contributed by atoms with van der Waals surface area (Å²) in [6.07, 6.45) is 6.59. The standard InChI is InChI=1S/C15H30N2O2/c1-3-7-14(8-11-18)12-16-13(2)15(19)17-9-5-4-6-10-17/h13-14,16,18H,3-12H2,1-2H3. The van der Waals surface area contributed by atoms with Crippen LogP contribution in [0.4, 0.5) is 0 Å². The van der Waals surface area contributed by atoms with Gasteiger partial charge in [-0.15, -0.1) is 0 Å². The second-order valence-electron chi connectivity index (χ2n) is 5.68. The largest absolute Gasteiger partial charge is 0.396 e. The second-order valence-corrected chi connectivity index (χ2v) is 5.68. The SMILES string of the molecule is CCCC(CCO)CNC(C)C(=O)N1CCCCC1. The van der Waals surface area contributed by atoms with Crippen LogP contribution in [0, 0.1) is 5.92 Å². The Morgan fingerprint density at radius 3 is 2.53 bits per heavy atom. The third kappa shape index (κ3) is 5.91. The quantitative estimate of drug-likeness (QED) is 0.707. The van der Waals surface area contributed by atoms with E-state index in [1.165, 1.54) is 6.42 Å². The molecule has 112 valence electrons. The van der Waals surface area contributed by atoms with Crippen molar-refractivity contribution >= 4 is 5.91 Å². The molecule has 19 heavy (non-hydrogen) atoms. The van der Waals surface area contributed by atoms with E-state index >= 15 is 0 Å². The van der Waals surface area contributed by atoms with Crippen LogP contribution in [0.5, 0.6) is 0 Å². The summed E-state index contributed by atoms with van der Waals surface area (Å²) < 4.78 is 0. The first-order valence-corrected chi connectivity index (χ1v) is 7.82. The van der Waals surface area contributed by atoms with Gasteiger partial charge in [0.1, 0.15) is 0 Å². The number of hydrogen-bond acceptors (Lipinski definition) is 3. The Morgan fingerprint density at radius 1 is 1.26 bits per heavy atom. The normalized spacial score (nSPS) is 19.2. The number of nitrogens with zero attached hydrogens (tertiary/aromatic N) is 1. The molecule has 1 amide bonds. The molecule has 0 bridgehead atoms. The van der Waals surface area contributed by atoms with Gasteiger partial charge >= 0.3 is 0 Å². The lowest BCUT2D eigenvalue weighted by Crippen LogP contribution is -2.47. The summed E-state index contributed by atoms with van der Waals surface area (Å²) in [5.74, 6) is 0.713. The lowest BCUT2D eigenvalue weighted by molar-refractivity contribution is -0.133. The van der Waals surface area contributed by atoms with Gasteiger partial charge in [-0.1, -0.05) is 13.3 Å². The molecule has 2 unspecified atom stereocenters. The van der Waals surface area contributed by atoms with E-state index in [-0.39, 0.29) is 18.6 Å². The van der Waals surface area contributed by atoms with Crippen molar-refractivity contribution in [1.29, 1.82) is 0 Å². The van der Waals surface area contributed by atoms with Crippen molar-refractivity contribution in [2.24, 2.45) is 5.92 Å². The van der Waals surface area contributed by atoms with E-state index in [0.29, 0.717) is 5.92 Å². The molecule has 0 aromatic heterocycles. The summed E-state index contributed by atoms with van der Waals surface area (Å²) in [6.45, 7) is 7.02. The van der Waals surface area contributed by atoms with E-state index in [0.717, 1.165) is 51.7 Å². The van der Waals surface area contributed by atoms with Crippen LogP contribution in [0.3, 0.4) is 0 Å². The van der Waals surface area contributed by atoms with Crippen molar-refractivity contribution in [1.82, 2.24) is 10.2 Å². The number of hydrogen-bond donors (Lipinski definition) is 2. The number of aliphatic hydroxyl groups is 1. The van der Waals surface area contributed by atoms with Gasteiger partial charge in [0.05, 0.1) is 6.04 Å². The van der Waals surface area contributed by atoms with Crippen LogP contribution in [0.2, 0.25) is 0 Å². The lowest BCUT2D eigenvalue weighted by Gasteiger charge is -2.30. The highest BCUT2D eigenvalue weighted by Crippen LogP contribution is 2.12. The summed E-state index contributed by atoms with van der Waals surface area (Å²) in [4.78, 5) is 14.2. The third-order valence-corrected chi connectivity index (χ3v) is 3.99. The van der Waals surface area contributed by atoms with Crippen molar-refractivity contribution in [3.05, 3.63) is 0 Å². The van der Waals surface area contributed by atoms with E-state index in [1.54, 1.807) is 0 Å². The van der Waals surface area contributed by atoms with E-state index in [9.17, 15) is 4.79 Å². The summed E-state index contributed by atoms with van der Waals surface area (Å²) >= 11 is 0. The van der Waals surface area contributed by atoms with Crippen LogP contribution in [-0.2, 0) is 4.79 Å². The first-order valence-electron chi connectivity index (χ1n) is 7.82. The van der Waals surface area contributed by atoms with Crippen LogP contribution in [-0.4, -0.2) is 48.2 Å². The minimum Gasteiger partial charge on any atom is -0.396 e. The van der Waals surface area contributed by atoms with Gasteiger partial charge in [-0.2, -0.15) is 0 Å². The van der Waals surface area contributed by atoms with Crippen molar-refractivity contribution in [3.8, 4) is 0 Å². The predicted octanol–water partition coefficient (Wildman–Crippen LogP) is 1.78. The molecule has 0 saturated carbocycles. The molecule has 1 fully saturated rings. The smallest absolute Gasteiger partial charge is 0.239 e. The molecule has 2 atom stereocenters. The van der Waals surface area contributed by atoms with E-state index in [2.05, 4.69) is 12.2 Å². The Kier molecular flexibility index (Phi) is 8.07. The molecular formula is C15H30N2O2. The maximum atomic E-state index is 12.2. The number of carbonyl (C=O) groups excluding carboxylic acids is 1. The molecule has 4 nitrogen and oxygen atoms in total. The zero-order chi connectivity index (χ0) is 14.1. The van der Waals surface area contributed by atoms with Gasteiger partial charge in [-0.3, -0.25) is 4.79 Å². The maximum Gasteiger partial charge on any atom is 0.239 e. The van der Waals surface area contributed by atoms with Crippen molar-refractivity contribution in [2.45, 2.75) is 58.4 Å². The van der Waals surface area contributed by atoms with Crippen LogP contribution < -0.4 is 5.32 Å². The van der Waals surface area contributed by atoms with Crippen molar-refractivity contribution in [3.63, 3.8) is 0 Å². The number of aliphatic hydroxyl groups excluding tert-OH is 1. The molecule has 1 heterocycles. The zero-order valence-corrected chi connectivity index (χ0v) is 12.5. The minimum atomic E-state index is -0.101. The Bertz CT molecular complexity index is 247. The van der Waals surface area contributed by atoms with Crippen LogP contribution in [0.1, 0.15) is 52.4 Å². The number of piperidine rings is 1. The summed E-state index contributed by atoms with van der Waals surface area (Å²) in [5.41, 5.74) is 0. The Hall–Kier alpha value is -0.610. The topological polar surface area (TPSA) is 52.6 Å². The van der Waals surface area contributed by atoms with Crippen molar-refractivity contribution < 1.29 is 9.90 Å². The monoisotopic (exact) mass is 270 g/mol. The van der Waals surface area contributed by atoms with Gasteiger partial charge < -0.3 is 15.3 Å². The highest BCUT2D eigenvalue weighted by atomic mass is 16.3. The van der Waals surface area contributed by atoms with E-state index in [1.807, 2.05) is 11.8 Å². The number of likely N-dealkylation sites (tertiary alicyclic amines) is 1. The fourth-order valence-electron chi connectivity index (χ4n) is 2.76. The first-order chi connectivity index (χ1) is 9.19. The van der Waals surface area contributed by atoms with Gasteiger partial charge in [0, 0.05) is 19.7 Å². The number of nitrogens with one attached hydrogen (secondary N) is 1. The predicted molar refractivity (Wildman–Crippen MR) is 78.0 cm³/mol. The fraction of sp³-hybridized carbons (Fsp3) is 0.933. The van der Waals surface area contributed by atoms with Gasteiger partial charge in [0.25, 0.3) is 0 Å². The maximum absolute atomic E-state index is 12.2. The molecule has 0 aromatic carbocycles. The van der Waals surface area contributed by atoms with Gasteiger partial charge in [0.2, 0.25) is 5.91 Å². The molecular weight excluding hydrogens is 240 g/mol. The molecule has 1 saturated heterocycles. The summed E-state index contributed by atoms with van der Waals surface area (Å²) in [6, 6.07) is -0.101. The van der Waals surface area contributed by atoms with Gasteiger partial charge in [-0.25, -0.2) is 0 Å². The van der Waals surface area contributed by atoms with E-state index in [4.69, 9.17) is 5.11 Å². The molecule has 0 spiro atoms. The van der Waals surface area contributed by atoms with Crippen LogP contribution >= 0.6 is 0 Å². The summed E-state index contributed by atoms with van der Waals surface area (Å²) in [7, 11) is 0. The number of rotatable bonds is 8. The van der Waals surface area contributed by atoms with Gasteiger partial charge in [0.15, 0.2) is 0 Å². The molecule has 1 aliphatic rings. The molecule has 1 rings (SSSR count). The molecule has 0 radical (unpaired) electrons. The fourth-order valence-corrected chi connectivity index (χ4v) is 2.76. The van der Waals surface area contributed by atoms with Gasteiger partial charge in [-0.05, 0) is 51.5 Å². The highest BCUT2D eigenvalue weighted by Gasteiger charge is 2.22. The highest BCUT2D eigenvalue weighted by molar-refractivity contribution is 5.81. The third-order valence-electron chi connectivity index (χ3n) is 3.99. The average molecular weight is 270 g/mol. The Morgan fingerprint density at radius 2 is 1.95 bits per heavy atom.